The first-order valence-electron chi connectivity index (χ1n) is 13.2. The van der Waals surface area contributed by atoms with Crippen LogP contribution in [-0.2, 0) is 20.9 Å². The summed E-state index contributed by atoms with van der Waals surface area (Å²) < 4.78 is 17.5. The molecule has 0 bridgehead atoms. The van der Waals surface area contributed by atoms with E-state index in [1.807, 2.05) is 26.0 Å². The number of aromatic nitrogens is 2. The lowest BCUT2D eigenvalue weighted by Crippen LogP contribution is -2.44. The molecule has 1 atom stereocenters. The van der Waals surface area contributed by atoms with Gasteiger partial charge in [-0.2, -0.15) is 9.97 Å². The van der Waals surface area contributed by atoms with Crippen molar-refractivity contribution >= 4 is 51.4 Å². The molecule has 2 saturated heterocycles. The van der Waals surface area contributed by atoms with Crippen molar-refractivity contribution in [2.24, 2.45) is 11.3 Å². The second kappa shape index (κ2) is 12.6. The number of likely N-dealkylation sites (tertiary alicyclic amines) is 1. The number of nitrogen functional groups attached to an aromatic ring is 1. The van der Waals surface area contributed by atoms with E-state index in [2.05, 4.69) is 30.8 Å². The summed E-state index contributed by atoms with van der Waals surface area (Å²) in [7, 11) is 0. The quantitative estimate of drug-likeness (QED) is 0.401. The molecule has 1 spiro atoms. The molecule has 4 rings (SSSR count). The maximum Gasteiger partial charge on any atom is 0.410 e. The number of ether oxygens (including phenoxy) is 3. The fourth-order valence-electron chi connectivity index (χ4n) is 5.05. The van der Waals surface area contributed by atoms with E-state index >= 15 is 0 Å². The van der Waals surface area contributed by atoms with E-state index < -0.39 is 12.1 Å². The molecule has 1 amide bonds. The van der Waals surface area contributed by atoms with Crippen molar-refractivity contribution in [3.63, 3.8) is 0 Å². The summed E-state index contributed by atoms with van der Waals surface area (Å²) in [5.74, 6) is 1.01. The average Bonchev–Trinajstić information content (AvgIpc) is 3.26. The number of amides is 1. The Hall–Kier alpha value is -2.79. The Morgan fingerprint density at radius 1 is 1.21 bits per heavy atom. The van der Waals surface area contributed by atoms with E-state index in [0.29, 0.717) is 49.4 Å². The summed E-state index contributed by atoms with van der Waals surface area (Å²) in [6, 6.07) is 6.64. The molecule has 0 saturated carbocycles. The predicted octanol–water partition coefficient (Wildman–Crippen LogP) is 5.07. The highest BCUT2D eigenvalue weighted by Gasteiger charge is 2.51. The molecular formula is C27H35BrClN5O5. The monoisotopic (exact) mass is 623 g/mol. The number of nitrogens with two attached hydrogens (primary N) is 1. The van der Waals surface area contributed by atoms with Crippen molar-refractivity contribution in [3.05, 3.63) is 39.3 Å². The number of piperidine rings is 1. The third kappa shape index (κ3) is 7.25. The normalized spacial score (nSPS) is 18.5. The molecular weight excluding hydrogens is 590 g/mol. The summed E-state index contributed by atoms with van der Waals surface area (Å²) in [5, 5.41) is 0.633. The second-order valence-corrected chi connectivity index (χ2v) is 11.8. The minimum atomic E-state index is -0.641. The third-order valence-corrected chi connectivity index (χ3v) is 8.06. The number of hydrogen-bond donors (Lipinski definition) is 1. The number of carbonyl (C=O) groups is 2. The van der Waals surface area contributed by atoms with Gasteiger partial charge in [0.05, 0.1) is 13.2 Å². The molecule has 3 heterocycles. The number of benzene rings is 1. The zero-order chi connectivity index (χ0) is 28.2. The van der Waals surface area contributed by atoms with Gasteiger partial charge in [0.2, 0.25) is 11.8 Å². The predicted molar refractivity (Wildman–Crippen MR) is 152 cm³/mol. The summed E-state index contributed by atoms with van der Waals surface area (Å²) >= 11 is 9.53. The third-order valence-electron chi connectivity index (χ3n) is 7.09. The van der Waals surface area contributed by atoms with E-state index in [9.17, 15) is 9.59 Å². The average molecular weight is 625 g/mol. The molecule has 2 fully saturated rings. The number of rotatable bonds is 8. The number of hydrogen-bond acceptors (Lipinski definition) is 9. The van der Waals surface area contributed by atoms with E-state index in [4.69, 9.17) is 31.5 Å². The summed E-state index contributed by atoms with van der Waals surface area (Å²) in [4.78, 5) is 38.0. The van der Waals surface area contributed by atoms with Crippen LogP contribution < -0.4 is 15.4 Å². The van der Waals surface area contributed by atoms with Gasteiger partial charge in [-0.1, -0.05) is 47.4 Å². The first-order valence-corrected chi connectivity index (χ1v) is 14.3. The standard InChI is InChI=1S/C27H35BrClN5O5/c1-4-37-24(35)21-13-27(16-34(21)26(36)39-14-17(2)3)7-9-33(10-8-27)22-12-23(32-25(30)31-22)38-15-18-5-6-19(29)11-20(18)28/h5-6,11-12,17,21H,4,7-10,13-16H2,1-3H3,(H2,30,31,32). The van der Waals surface area contributed by atoms with Crippen LogP contribution in [0.3, 0.4) is 0 Å². The van der Waals surface area contributed by atoms with Gasteiger partial charge in [0.15, 0.2) is 0 Å². The second-order valence-electron chi connectivity index (χ2n) is 10.5. The molecule has 2 aromatic rings. The van der Waals surface area contributed by atoms with Gasteiger partial charge in [0.25, 0.3) is 0 Å². The van der Waals surface area contributed by atoms with Gasteiger partial charge in [-0.3, -0.25) is 4.90 Å². The van der Waals surface area contributed by atoms with E-state index in [1.165, 1.54) is 0 Å². The number of anilines is 2. The maximum atomic E-state index is 12.9. The van der Waals surface area contributed by atoms with Crippen LogP contribution in [-0.4, -0.2) is 65.8 Å². The molecule has 2 N–H and O–H groups in total. The van der Waals surface area contributed by atoms with Crippen LogP contribution in [0.5, 0.6) is 5.88 Å². The zero-order valence-corrected chi connectivity index (χ0v) is 24.8. The van der Waals surface area contributed by atoms with Crippen molar-refractivity contribution in [2.45, 2.75) is 52.7 Å². The number of halogens is 2. The largest absolute Gasteiger partial charge is 0.473 e. The van der Waals surface area contributed by atoms with Crippen molar-refractivity contribution in [2.75, 3.05) is 43.5 Å². The Morgan fingerprint density at radius 3 is 2.62 bits per heavy atom. The van der Waals surface area contributed by atoms with E-state index in [1.54, 1.807) is 24.0 Å². The van der Waals surface area contributed by atoms with Gasteiger partial charge < -0.3 is 24.8 Å². The smallest absolute Gasteiger partial charge is 0.410 e. The van der Waals surface area contributed by atoms with Gasteiger partial charge in [-0.05, 0) is 49.7 Å². The van der Waals surface area contributed by atoms with Crippen LogP contribution in [0.15, 0.2) is 28.7 Å². The lowest BCUT2D eigenvalue weighted by molar-refractivity contribution is -0.148. The molecule has 1 aromatic carbocycles. The van der Waals surface area contributed by atoms with Crippen LogP contribution in [0.4, 0.5) is 16.6 Å². The summed E-state index contributed by atoms with van der Waals surface area (Å²) in [6.45, 7) is 8.40. The highest BCUT2D eigenvalue weighted by Crippen LogP contribution is 2.44. The first kappa shape index (κ1) is 29.2. The fraction of sp³-hybridized carbons (Fsp3) is 0.556. The Kier molecular flexibility index (Phi) is 9.43. The van der Waals surface area contributed by atoms with Gasteiger partial charge in [0, 0.05) is 40.8 Å². The minimum absolute atomic E-state index is 0.125. The Morgan fingerprint density at radius 2 is 1.95 bits per heavy atom. The molecule has 0 aliphatic carbocycles. The van der Waals surface area contributed by atoms with Gasteiger partial charge in [0.1, 0.15) is 18.5 Å². The SMILES string of the molecule is CCOC(=O)C1CC2(CCN(c3cc(OCc4ccc(Cl)cc4Br)nc(N)n3)CC2)CN1C(=O)OCC(C)C. The van der Waals surface area contributed by atoms with Crippen LogP contribution in [0.25, 0.3) is 0 Å². The number of carbonyl (C=O) groups excluding carboxylic acids is 2. The highest BCUT2D eigenvalue weighted by molar-refractivity contribution is 9.10. The van der Waals surface area contributed by atoms with Crippen molar-refractivity contribution < 1.29 is 23.8 Å². The van der Waals surface area contributed by atoms with Gasteiger partial charge in [-0.25, -0.2) is 9.59 Å². The number of nitrogens with zero attached hydrogens (tertiary/aromatic N) is 4. The highest BCUT2D eigenvalue weighted by atomic mass is 79.9. The van der Waals surface area contributed by atoms with Crippen molar-refractivity contribution in [1.29, 1.82) is 0 Å². The van der Waals surface area contributed by atoms with E-state index in [-0.39, 0.29) is 36.5 Å². The maximum absolute atomic E-state index is 12.9. The Balaban J connectivity index is 1.42. The van der Waals surface area contributed by atoms with Crippen LogP contribution >= 0.6 is 27.5 Å². The van der Waals surface area contributed by atoms with E-state index in [0.717, 1.165) is 22.9 Å². The molecule has 212 valence electrons. The first-order chi connectivity index (χ1) is 18.6. The minimum Gasteiger partial charge on any atom is -0.473 e. The summed E-state index contributed by atoms with van der Waals surface area (Å²) in [6.07, 6.45) is 1.63. The molecule has 1 unspecified atom stereocenters. The Labute approximate surface area is 242 Å². The zero-order valence-electron chi connectivity index (χ0n) is 22.5. The molecule has 2 aliphatic heterocycles. The molecule has 10 nitrogen and oxygen atoms in total. The lowest BCUT2D eigenvalue weighted by Gasteiger charge is -2.39. The Bertz CT molecular complexity index is 1190. The van der Waals surface area contributed by atoms with Crippen LogP contribution in [0.1, 0.15) is 45.6 Å². The van der Waals surface area contributed by atoms with Crippen molar-refractivity contribution in [1.82, 2.24) is 14.9 Å². The summed E-state index contributed by atoms with van der Waals surface area (Å²) in [5.41, 5.74) is 6.73. The fourth-order valence-corrected chi connectivity index (χ4v) is 5.84. The van der Waals surface area contributed by atoms with Gasteiger partial charge >= 0.3 is 12.1 Å². The topological polar surface area (TPSA) is 120 Å². The van der Waals surface area contributed by atoms with Crippen LogP contribution in [0.2, 0.25) is 5.02 Å². The molecule has 39 heavy (non-hydrogen) atoms. The lowest BCUT2D eigenvalue weighted by atomic mass is 9.76. The molecule has 0 radical (unpaired) electrons. The van der Waals surface area contributed by atoms with Crippen molar-refractivity contribution in [3.8, 4) is 5.88 Å². The molecule has 12 heteroatoms. The molecule has 2 aliphatic rings. The molecule has 1 aromatic heterocycles. The van der Waals surface area contributed by atoms with Gasteiger partial charge in [-0.15, -0.1) is 0 Å². The van der Waals surface area contributed by atoms with Crippen LogP contribution in [0, 0.1) is 11.3 Å². The number of esters is 1.